The van der Waals surface area contributed by atoms with Crippen LogP contribution in [0.1, 0.15) is 0 Å². The van der Waals surface area contributed by atoms with Crippen LogP contribution in [0.3, 0.4) is 0 Å². The van der Waals surface area contributed by atoms with E-state index >= 15 is 0 Å². The van der Waals surface area contributed by atoms with Crippen LogP contribution >= 0.6 is 38.6 Å². The molecule has 2 N–H and O–H groups in total. The lowest BCUT2D eigenvalue weighted by molar-refractivity contribution is 1.43. The Hall–Kier alpha value is -0.390. The van der Waals surface area contributed by atoms with E-state index in [0.717, 1.165) is 8.66 Å². The van der Waals surface area contributed by atoms with E-state index in [9.17, 15) is 0 Å². The lowest BCUT2D eigenvalue weighted by Crippen LogP contribution is -1.77. The molecule has 2 heterocycles. The van der Waals surface area contributed by atoms with Gasteiger partial charge in [-0.25, -0.2) is 4.98 Å². The van der Waals surface area contributed by atoms with E-state index in [1.165, 1.54) is 16.2 Å². The number of nitrogens with two attached hydrogens (primary N) is 1. The molecule has 0 unspecified atom stereocenters. The fourth-order valence-corrected chi connectivity index (χ4v) is 2.99. The third kappa shape index (κ3) is 1.53. The molecule has 2 rings (SSSR count). The van der Waals surface area contributed by atoms with E-state index < -0.39 is 0 Å². The molecule has 0 aromatic carbocycles. The van der Waals surface area contributed by atoms with E-state index in [4.69, 9.17) is 5.73 Å². The molecule has 5 heteroatoms. The van der Waals surface area contributed by atoms with Crippen LogP contribution < -0.4 is 5.73 Å². The first-order chi connectivity index (χ1) is 5.75. The van der Waals surface area contributed by atoms with Crippen molar-refractivity contribution in [1.82, 2.24) is 4.98 Å². The summed E-state index contributed by atoms with van der Waals surface area (Å²) in [4.78, 5) is 6.32. The lowest BCUT2D eigenvalue weighted by Gasteiger charge is -1.84. The summed E-state index contributed by atoms with van der Waals surface area (Å²) in [6.45, 7) is 0. The Morgan fingerprint density at radius 3 is 2.58 bits per heavy atom. The lowest BCUT2D eigenvalue weighted by atomic mass is 10.4. The maximum Gasteiger partial charge on any atom is 0.180 e. The van der Waals surface area contributed by atoms with Crippen molar-refractivity contribution in [3.63, 3.8) is 0 Å². The number of nitrogens with zero attached hydrogens (tertiary/aromatic N) is 1. The monoisotopic (exact) mass is 260 g/mol. The summed E-state index contributed by atoms with van der Waals surface area (Å²) in [5, 5.41) is 0.620. The molecule has 12 heavy (non-hydrogen) atoms. The number of anilines is 1. The van der Waals surface area contributed by atoms with Gasteiger partial charge in [0.05, 0.1) is 8.66 Å². The molecule has 2 aromatic rings. The average molecular weight is 261 g/mol. The SMILES string of the molecule is Nc1ncc(-c2ccc(Br)s2)s1. The highest BCUT2D eigenvalue weighted by atomic mass is 79.9. The zero-order valence-electron chi connectivity index (χ0n) is 5.95. The van der Waals surface area contributed by atoms with Gasteiger partial charge >= 0.3 is 0 Å². The van der Waals surface area contributed by atoms with Gasteiger partial charge < -0.3 is 5.73 Å². The molecule has 0 atom stereocenters. The Morgan fingerprint density at radius 1 is 1.25 bits per heavy atom. The van der Waals surface area contributed by atoms with Gasteiger partial charge in [0.15, 0.2) is 5.13 Å². The van der Waals surface area contributed by atoms with Crippen molar-refractivity contribution in [2.45, 2.75) is 0 Å². The minimum absolute atomic E-state index is 0.620. The molecule has 0 bridgehead atoms. The Morgan fingerprint density at radius 2 is 2.08 bits per heavy atom. The number of thiophene rings is 1. The van der Waals surface area contributed by atoms with Crippen molar-refractivity contribution in [1.29, 1.82) is 0 Å². The van der Waals surface area contributed by atoms with Gasteiger partial charge in [0.2, 0.25) is 0 Å². The molecule has 0 saturated heterocycles. The van der Waals surface area contributed by atoms with Crippen molar-refractivity contribution < 1.29 is 0 Å². The number of thiazole rings is 1. The second-order valence-corrected chi connectivity index (χ2v) is 5.69. The molecule has 0 radical (unpaired) electrons. The van der Waals surface area contributed by atoms with Crippen LogP contribution in [0.15, 0.2) is 22.1 Å². The van der Waals surface area contributed by atoms with Crippen LogP contribution in [0, 0.1) is 0 Å². The predicted molar refractivity (Wildman–Crippen MR) is 57.5 cm³/mol. The number of rotatable bonds is 1. The molecular formula is C7H5BrN2S2. The average Bonchev–Trinajstić information content (AvgIpc) is 2.58. The maximum absolute atomic E-state index is 5.52. The third-order valence-corrected chi connectivity index (χ3v) is 3.99. The molecular weight excluding hydrogens is 256 g/mol. The number of halogens is 1. The predicted octanol–water partition coefficient (Wildman–Crippen LogP) is 3.22. The smallest absolute Gasteiger partial charge is 0.180 e. The molecule has 0 aliphatic carbocycles. The normalized spacial score (nSPS) is 10.4. The first-order valence-corrected chi connectivity index (χ1v) is 5.65. The van der Waals surface area contributed by atoms with E-state index in [1.54, 1.807) is 17.5 Å². The topological polar surface area (TPSA) is 38.9 Å². The van der Waals surface area contributed by atoms with Gasteiger partial charge in [-0.3, -0.25) is 0 Å². The second kappa shape index (κ2) is 3.16. The zero-order chi connectivity index (χ0) is 8.55. The first-order valence-electron chi connectivity index (χ1n) is 3.23. The zero-order valence-corrected chi connectivity index (χ0v) is 9.17. The standard InChI is InChI=1S/C7H5BrN2S2/c8-6-2-1-4(11-6)5-3-10-7(9)12-5/h1-3H,(H2,9,10). The molecule has 0 aliphatic heterocycles. The fraction of sp³-hybridized carbons (Fsp3) is 0. The van der Waals surface area contributed by atoms with Crippen LogP contribution in [0.25, 0.3) is 9.75 Å². The highest BCUT2D eigenvalue weighted by Crippen LogP contribution is 2.34. The van der Waals surface area contributed by atoms with Crippen molar-refractivity contribution in [3.8, 4) is 9.75 Å². The molecule has 62 valence electrons. The van der Waals surface area contributed by atoms with E-state index in [0.29, 0.717) is 5.13 Å². The van der Waals surface area contributed by atoms with Crippen LogP contribution in [0.5, 0.6) is 0 Å². The van der Waals surface area contributed by atoms with Crippen molar-refractivity contribution in [2.24, 2.45) is 0 Å². The molecule has 0 spiro atoms. The quantitative estimate of drug-likeness (QED) is 0.856. The summed E-state index contributed by atoms with van der Waals surface area (Å²) >= 11 is 6.60. The molecule has 0 amide bonds. The summed E-state index contributed by atoms with van der Waals surface area (Å²) in [6.07, 6.45) is 1.80. The molecule has 0 fully saturated rings. The largest absolute Gasteiger partial charge is 0.375 e. The highest BCUT2D eigenvalue weighted by molar-refractivity contribution is 9.11. The van der Waals surface area contributed by atoms with Crippen LogP contribution in [0.2, 0.25) is 0 Å². The minimum Gasteiger partial charge on any atom is -0.375 e. The molecule has 2 nitrogen and oxygen atoms in total. The second-order valence-electron chi connectivity index (χ2n) is 2.17. The van der Waals surface area contributed by atoms with Gasteiger partial charge in [-0.15, -0.1) is 11.3 Å². The summed E-state index contributed by atoms with van der Waals surface area (Å²) in [7, 11) is 0. The summed E-state index contributed by atoms with van der Waals surface area (Å²) in [5.41, 5.74) is 5.52. The number of hydrogen-bond donors (Lipinski definition) is 1. The maximum atomic E-state index is 5.52. The van der Waals surface area contributed by atoms with E-state index in [-0.39, 0.29) is 0 Å². The first kappa shape index (κ1) is 8.22. The van der Waals surface area contributed by atoms with Gasteiger partial charge in [0.25, 0.3) is 0 Å². The summed E-state index contributed by atoms with van der Waals surface area (Å²) in [6, 6.07) is 4.08. The van der Waals surface area contributed by atoms with Crippen molar-refractivity contribution >= 4 is 43.7 Å². The third-order valence-electron chi connectivity index (χ3n) is 1.34. The van der Waals surface area contributed by atoms with E-state index in [2.05, 4.69) is 27.0 Å². The Labute approximate surface area is 86.2 Å². The van der Waals surface area contributed by atoms with Crippen molar-refractivity contribution in [2.75, 3.05) is 5.73 Å². The van der Waals surface area contributed by atoms with Crippen LogP contribution in [-0.2, 0) is 0 Å². The van der Waals surface area contributed by atoms with E-state index in [1.807, 2.05) is 6.07 Å². The Kier molecular flexibility index (Phi) is 2.16. The summed E-state index contributed by atoms with van der Waals surface area (Å²) in [5.74, 6) is 0. The summed E-state index contributed by atoms with van der Waals surface area (Å²) < 4.78 is 1.13. The molecule has 0 saturated carbocycles. The minimum atomic E-state index is 0.620. The Balaban J connectivity index is 2.43. The van der Waals surface area contributed by atoms with Gasteiger partial charge in [0, 0.05) is 11.1 Å². The Bertz CT molecular complexity index is 355. The number of nitrogen functional groups attached to an aromatic ring is 1. The van der Waals surface area contributed by atoms with Crippen LogP contribution in [0.4, 0.5) is 5.13 Å². The number of hydrogen-bond acceptors (Lipinski definition) is 4. The molecule has 0 aliphatic rings. The van der Waals surface area contributed by atoms with Crippen LogP contribution in [-0.4, -0.2) is 4.98 Å². The van der Waals surface area contributed by atoms with Gasteiger partial charge in [0.1, 0.15) is 0 Å². The van der Waals surface area contributed by atoms with Gasteiger partial charge in [-0.1, -0.05) is 11.3 Å². The van der Waals surface area contributed by atoms with Crippen molar-refractivity contribution in [3.05, 3.63) is 22.1 Å². The molecule has 2 aromatic heterocycles. The number of aromatic nitrogens is 1. The fourth-order valence-electron chi connectivity index (χ4n) is 0.848. The van der Waals surface area contributed by atoms with Gasteiger partial charge in [-0.05, 0) is 28.1 Å². The highest BCUT2D eigenvalue weighted by Gasteiger charge is 2.04. The van der Waals surface area contributed by atoms with Gasteiger partial charge in [-0.2, -0.15) is 0 Å².